The van der Waals surface area contributed by atoms with E-state index in [1.54, 1.807) is 19.1 Å². The fourth-order valence-electron chi connectivity index (χ4n) is 1.72. The van der Waals surface area contributed by atoms with E-state index in [0.717, 1.165) is 0 Å². The molecule has 6 heteroatoms. The highest BCUT2D eigenvalue weighted by molar-refractivity contribution is 6.03. The van der Waals surface area contributed by atoms with Crippen LogP contribution in [0.15, 0.2) is 36.5 Å². The van der Waals surface area contributed by atoms with Gasteiger partial charge in [0.15, 0.2) is 0 Å². The highest BCUT2D eigenvalue weighted by Crippen LogP contribution is 2.16. The van der Waals surface area contributed by atoms with Crippen molar-refractivity contribution in [1.82, 2.24) is 4.98 Å². The molecule has 1 aromatic heterocycles. The SMILES string of the molecule is Cc1ccc(NC(=O)c2ccc(C#N)cn2)cc1C(=O)O. The van der Waals surface area contributed by atoms with Crippen molar-refractivity contribution in [2.75, 3.05) is 5.32 Å². The molecule has 0 saturated carbocycles. The van der Waals surface area contributed by atoms with Crippen LogP contribution in [0.2, 0.25) is 0 Å². The van der Waals surface area contributed by atoms with Crippen LogP contribution >= 0.6 is 0 Å². The van der Waals surface area contributed by atoms with E-state index in [1.165, 1.54) is 24.4 Å². The van der Waals surface area contributed by atoms with Crippen LogP contribution in [-0.2, 0) is 0 Å². The minimum Gasteiger partial charge on any atom is -0.478 e. The quantitative estimate of drug-likeness (QED) is 0.897. The number of aromatic nitrogens is 1. The van der Waals surface area contributed by atoms with Gasteiger partial charge in [-0.25, -0.2) is 9.78 Å². The number of hydrogen-bond acceptors (Lipinski definition) is 4. The number of anilines is 1. The molecule has 0 saturated heterocycles. The largest absolute Gasteiger partial charge is 0.478 e. The summed E-state index contributed by atoms with van der Waals surface area (Å²) in [4.78, 5) is 26.9. The van der Waals surface area contributed by atoms with Crippen LogP contribution in [0.5, 0.6) is 0 Å². The van der Waals surface area contributed by atoms with Gasteiger partial charge >= 0.3 is 5.97 Å². The lowest BCUT2D eigenvalue weighted by atomic mass is 10.1. The molecule has 1 heterocycles. The van der Waals surface area contributed by atoms with Crippen molar-refractivity contribution in [2.24, 2.45) is 0 Å². The first-order valence-corrected chi connectivity index (χ1v) is 6.02. The summed E-state index contributed by atoms with van der Waals surface area (Å²) in [6.45, 7) is 1.68. The molecule has 2 rings (SSSR count). The molecule has 0 aliphatic carbocycles. The topological polar surface area (TPSA) is 103 Å². The fourth-order valence-corrected chi connectivity index (χ4v) is 1.72. The molecule has 0 unspecified atom stereocenters. The number of hydrogen-bond donors (Lipinski definition) is 2. The van der Waals surface area contributed by atoms with Crippen molar-refractivity contribution in [1.29, 1.82) is 5.26 Å². The fraction of sp³-hybridized carbons (Fsp3) is 0.0667. The summed E-state index contributed by atoms with van der Waals surface area (Å²) in [7, 11) is 0. The van der Waals surface area contributed by atoms with Crippen LogP contribution in [0.3, 0.4) is 0 Å². The summed E-state index contributed by atoms with van der Waals surface area (Å²) >= 11 is 0. The van der Waals surface area contributed by atoms with Crippen LogP contribution in [0, 0.1) is 18.3 Å². The standard InChI is InChI=1S/C15H11N3O3/c1-9-2-4-11(6-12(9)15(20)21)18-14(19)13-5-3-10(7-16)8-17-13/h2-6,8H,1H3,(H,18,19)(H,20,21). The average molecular weight is 281 g/mol. The van der Waals surface area contributed by atoms with Gasteiger partial charge < -0.3 is 10.4 Å². The third-order valence-electron chi connectivity index (χ3n) is 2.85. The van der Waals surface area contributed by atoms with Crippen molar-refractivity contribution >= 4 is 17.6 Å². The Labute approximate surface area is 120 Å². The molecule has 0 aliphatic heterocycles. The van der Waals surface area contributed by atoms with E-state index in [4.69, 9.17) is 10.4 Å². The first-order valence-electron chi connectivity index (χ1n) is 6.02. The lowest BCUT2D eigenvalue weighted by molar-refractivity contribution is 0.0695. The van der Waals surface area contributed by atoms with E-state index >= 15 is 0 Å². The van der Waals surface area contributed by atoms with Gasteiger partial charge in [0.25, 0.3) is 5.91 Å². The summed E-state index contributed by atoms with van der Waals surface area (Å²) in [6, 6.07) is 9.44. The maximum Gasteiger partial charge on any atom is 0.336 e. The van der Waals surface area contributed by atoms with Gasteiger partial charge in [-0.15, -0.1) is 0 Å². The molecule has 1 aromatic carbocycles. The molecule has 104 valence electrons. The number of carboxylic acids is 1. The number of carbonyl (C=O) groups excluding carboxylic acids is 1. The number of nitrogens with one attached hydrogen (secondary N) is 1. The Bertz CT molecular complexity index is 746. The van der Waals surface area contributed by atoms with Crippen LogP contribution in [-0.4, -0.2) is 22.0 Å². The third kappa shape index (κ3) is 3.22. The number of nitrogens with zero attached hydrogens (tertiary/aromatic N) is 2. The monoisotopic (exact) mass is 281 g/mol. The number of benzene rings is 1. The van der Waals surface area contributed by atoms with Crippen molar-refractivity contribution < 1.29 is 14.7 Å². The Morgan fingerprint density at radius 2 is 2.05 bits per heavy atom. The maximum absolute atomic E-state index is 12.0. The molecular formula is C15H11N3O3. The molecule has 0 spiro atoms. The Kier molecular flexibility index (Phi) is 3.95. The Balaban J connectivity index is 2.21. The Morgan fingerprint density at radius 3 is 2.62 bits per heavy atom. The summed E-state index contributed by atoms with van der Waals surface area (Å²) in [5, 5.41) is 20.3. The average Bonchev–Trinajstić information content (AvgIpc) is 2.49. The maximum atomic E-state index is 12.0. The predicted molar refractivity (Wildman–Crippen MR) is 75.0 cm³/mol. The molecule has 1 amide bonds. The van der Waals surface area contributed by atoms with Crippen LogP contribution < -0.4 is 5.32 Å². The zero-order valence-electron chi connectivity index (χ0n) is 11.1. The van der Waals surface area contributed by atoms with Crippen molar-refractivity contribution in [2.45, 2.75) is 6.92 Å². The van der Waals surface area contributed by atoms with Gasteiger partial charge in [0.1, 0.15) is 11.8 Å². The van der Waals surface area contributed by atoms with Gasteiger partial charge in [0.05, 0.1) is 11.1 Å². The molecular weight excluding hydrogens is 270 g/mol. The molecule has 0 aliphatic rings. The first-order chi connectivity index (χ1) is 10.0. The normalized spacial score (nSPS) is 9.71. The van der Waals surface area contributed by atoms with Crippen LogP contribution in [0.1, 0.15) is 32.0 Å². The number of aromatic carboxylic acids is 1. The number of rotatable bonds is 3. The van der Waals surface area contributed by atoms with Gasteiger partial charge in [0.2, 0.25) is 0 Å². The second-order valence-electron chi connectivity index (χ2n) is 4.33. The number of carbonyl (C=O) groups is 2. The van der Waals surface area contributed by atoms with E-state index in [-0.39, 0.29) is 11.3 Å². The molecule has 0 radical (unpaired) electrons. The second-order valence-corrected chi connectivity index (χ2v) is 4.33. The highest BCUT2D eigenvalue weighted by Gasteiger charge is 2.11. The number of carboxylic acid groups (broad SMARTS) is 1. The van der Waals surface area contributed by atoms with Crippen molar-refractivity contribution in [3.05, 3.63) is 58.9 Å². The molecule has 6 nitrogen and oxygen atoms in total. The minimum atomic E-state index is -1.06. The zero-order valence-corrected chi connectivity index (χ0v) is 11.1. The lowest BCUT2D eigenvalue weighted by Gasteiger charge is -2.07. The van der Waals surface area contributed by atoms with Gasteiger partial charge in [-0.2, -0.15) is 5.26 Å². The third-order valence-corrected chi connectivity index (χ3v) is 2.85. The minimum absolute atomic E-state index is 0.126. The van der Waals surface area contributed by atoms with Gasteiger partial charge in [-0.05, 0) is 36.8 Å². The van der Waals surface area contributed by atoms with Gasteiger partial charge in [-0.1, -0.05) is 6.07 Å². The highest BCUT2D eigenvalue weighted by atomic mass is 16.4. The predicted octanol–water partition coefficient (Wildman–Crippen LogP) is 2.21. The first kappa shape index (κ1) is 14.2. The van der Waals surface area contributed by atoms with E-state index in [9.17, 15) is 9.59 Å². The summed E-state index contributed by atoms with van der Waals surface area (Å²) in [5.74, 6) is -1.53. The van der Waals surface area contributed by atoms with Gasteiger partial charge in [-0.3, -0.25) is 4.79 Å². The van der Waals surface area contributed by atoms with E-state index < -0.39 is 11.9 Å². The number of aryl methyl sites for hydroxylation is 1. The number of nitriles is 1. The molecule has 2 N–H and O–H groups in total. The number of pyridine rings is 1. The lowest BCUT2D eigenvalue weighted by Crippen LogP contribution is -2.14. The second kappa shape index (κ2) is 5.84. The molecule has 0 bridgehead atoms. The van der Waals surface area contributed by atoms with E-state index in [2.05, 4.69) is 10.3 Å². The smallest absolute Gasteiger partial charge is 0.336 e. The van der Waals surface area contributed by atoms with Gasteiger partial charge in [0, 0.05) is 11.9 Å². The molecule has 2 aromatic rings. The molecule has 0 atom stereocenters. The van der Waals surface area contributed by atoms with Crippen molar-refractivity contribution in [3.63, 3.8) is 0 Å². The Morgan fingerprint density at radius 1 is 1.29 bits per heavy atom. The Hall–Kier alpha value is -3.20. The summed E-state index contributed by atoms with van der Waals surface area (Å²) < 4.78 is 0. The summed E-state index contributed by atoms with van der Waals surface area (Å²) in [6.07, 6.45) is 1.30. The number of amides is 1. The van der Waals surface area contributed by atoms with Crippen LogP contribution in [0.25, 0.3) is 0 Å². The summed E-state index contributed by atoms with van der Waals surface area (Å²) in [5.41, 5.74) is 1.60. The van der Waals surface area contributed by atoms with Crippen molar-refractivity contribution in [3.8, 4) is 6.07 Å². The molecule has 0 fully saturated rings. The zero-order chi connectivity index (χ0) is 15.4. The van der Waals surface area contributed by atoms with E-state index in [1.807, 2.05) is 6.07 Å². The van der Waals surface area contributed by atoms with E-state index in [0.29, 0.717) is 16.8 Å². The van der Waals surface area contributed by atoms with Crippen LogP contribution in [0.4, 0.5) is 5.69 Å². The molecule has 21 heavy (non-hydrogen) atoms.